The Hall–Kier alpha value is -2.62. The number of nitrogens with one attached hydrogen (secondary N) is 1. The van der Waals surface area contributed by atoms with Crippen LogP contribution in [0.25, 0.3) is 0 Å². The van der Waals surface area contributed by atoms with Crippen LogP contribution >= 0.6 is 11.3 Å². The van der Waals surface area contributed by atoms with Gasteiger partial charge >= 0.3 is 18.2 Å². The number of alkyl halides is 3. The summed E-state index contributed by atoms with van der Waals surface area (Å²) < 4.78 is 43.3. The SMILES string of the molecule is COC(=O)c1csc(CN(CCC(C)C)C(=O)Nc2cccc(C(F)(F)F)c2)n1. The number of halogens is 3. The summed E-state index contributed by atoms with van der Waals surface area (Å²) >= 11 is 1.20. The van der Waals surface area contributed by atoms with Crippen molar-refractivity contribution in [3.63, 3.8) is 0 Å². The highest BCUT2D eigenvalue weighted by Gasteiger charge is 2.30. The molecule has 29 heavy (non-hydrogen) atoms. The van der Waals surface area contributed by atoms with E-state index in [1.54, 1.807) is 0 Å². The minimum atomic E-state index is -4.50. The van der Waals surface area contributed by atoms with Gasteiger partial charge in [-0.05, 0) is 30.5 Å². The van der Waals surface area contributed by atoms with E-state index in [1.807, 2.05) is 13.8 Å². The number of rotatable bonds is 7. The van der Waals surface area contributed by atoms with Gasteiger partial charge in [0, 0.05) is 17.6 Å². The highest BCUT2D eigenvalue weighted by atomic mass is 32.1. The molecule has 158 valence electrons. The van der Waals surface area contributed by atoms with Gasteiger partial charge in [0.1, 0.15) is 5.01 Å². The summed E-state index contributed by atoms with van der Waals surface area (Å²) in [6, 6.07) is 3.92. The molecule has 0 fully saturated rings. The number of benzene rings is 1. The molecule has 0 unspecified atom stereocenters. The van der Waals surface area contributed by atoms with Gasteiger partial charge in [-0.1, -0.05) is 19.9 Å². The van der Waals surface area contributed by atoms with Crippen molar-refractivity contribution in [1.82, 2.24) is 9.88 Å². The van der Waals surface area contributed by atoms with E-state index < -0.39 is 23.7 Å². The van der Waals surface area contributed by atoms with E-state index in [2.05, 4.69) is 15.0 Å². The van der Waals surface area contributed by atoms with Crippen molar-refractivity contribution in [2.24, 2.45) is 5.92 Å². The maximum absolute atomic E-state index is 12.9. The van der Waals surface area contributed by atoms with Gasteiger partial charge in [-0.3, -0.25) is 0 Å². The fraction of sp³-hybridized carbons (Fsp3) is 0.421. The first-order chi connectivity index (χ1) is 13.6. The van der Waals surface area contributed by atoms with Gasteiger partial charge in [-0.2, -0.15) is 13.2 Å². The van der Waals surface area contributed by atoms with Gasteiger partial charge in [0.25, 0.3) is 0 Å². The van der Waals surface area contributed by atoms with Crippen molar-refractivity contribution < 1.29 is 27.5 Å². The Labute approximate surface area is 170 Å². The molecular weight excluding hydrogens is 407 g/mol. The van der Waals surface area contributed by atoms with Crippen LogP contribution in [0.1, 0.15) is 41.3 Å². The van der Waals surface area contributed by atoms with E-state index in [9.17, 15) is 22.8 Å². The molecule has 1 aromatic carbocycles. The number of urea groups is 1. The van der Waals surface area contributed by atoms with Crippen molar-refractivity contribution in [2.75, 3.05) is 19.0 Å². The average molecular weight is 429 g/mol. The van der Waals surface area contributed by atoms with Crippen LogP contribution in [0, 0.1) is 5.92 Å². The average Bonchev–Trinajstić information content (AvgIpc) is 3.12. The molecule has 0 aliphatic carbocycles. The summed E-state index contributed by atoms with van der Waals surface area (Å²) in [5, 5.41) is 4.57. The number of aromatic nitrogens is 1. The lowest BCUT2D eigenvalue weighted by Crippen LogP contribution is -2.35. The third kappa shape index (κ3) is 6.74. The number of hydrogen-bond donors (Lipinski definition) is 1. The van der Waals surface area contributed by atoms with E-state index in [1.165, 1.54) is 40.9 Å². The van der Waals surface area contributed by atoms with Crippen LogP contribution < -0.4 is 5.32 Å². The predicted octanol–water partition coefficient (Wildman–Crippen LogP) is 5.03. The lowest BCUT2D eigenvalue weighted by Gasteiger charge is -2.23. The monoisotopic (exact) mass is 429 g/mol. The lowest BCUT2D eigenvalue weighted by molar-refractivity contribution is -0.137. The zero-order valence-electron chi connectivity index (χ0n) is 16.2. The molecule has 0 aliphatic rings. The largest absolute Gasteiger partial charge is 0.464 e. The Balaban J connectivity index is 2.15. The van der Waals surface area contributed by atoms with Gasteiger partial charge < -0.3 is 15.0 Å². The first kappa shape index (κ1) is 22.7. The predicted molar refractivity (Wildman–Crippen MR) is 104 cm³/mol. The molecule has 0 bridgehead atoms. The maximum atomic E-state index is 12.9. The summed E-state index contributed by atoms with van der Waals surface area (Å²) in [5.74, 6) is -0.254. The van der Waals surface area contributed by atoms with E-state index in [0.29, 0.717) is 23.9 Å². The van der Waals surface area contributed by atoms with Crippen LogP contribution in [0.15, 0.2) is 29.6 Å². The van der Waals surface area contributed by atoms with Gasteiger partial charge in [0.15, 0.2) is 5.69 Å². The van der Waals surface area contributed by atoms with Crippen LogP contribution in [-0.4, -0.2) is 35.5 Å². The second-order valence-corrected chi connectivity index (χ2v) is 7.67. The molecule has 1 aromatic heterocycles. The van der Waals surface area contributed by atoms with Gasteiger partial charge in [0.05, 0.1) is 19.2 Å². The number of hydrogen-bond acceptors (Lipinski definition) is 5. The molecule has 6 nitrogen and oxygen atoms in total. The highest BCUT2D eigenvalue weighted by molar-refractivity contribution is 7.09. The van der Waals surface area contributed by atoms with E-state index in [-0.39, 0.29) is 17.9 Å². The standard InChI is InChI=1S/C19H22F3N3O3S/c1-12(2)7-8-25(10-16-24-15(11-29-16)17(26)28-3)18(27)23-14-6-4-5-13(9-14)19(20,21)22/h4-6,9,11-12H,7-8,10H2,1-3H3,(H,23,27). The maximum Gasteiger partial charge on any atom is 0.416 e. The molecule has 0 radical (unpaired) electrons. The van der Waals surface area contributed by atoms with E-state index >= 15 is 0 Å². The van der Waals surface area contributed by atoms with Crippen molar-refractivity contribution >= 4 is 29.0 Å². The van der Waals surface area contributed by atoms with Crippen LogP contribution in [0.4, 0.5) is 23.7 Å². The molecule has 0 spiro atoms. The topological polar surface area (TPSA) is 71.5 Å². The Kier molecular flexibility index (Phi) is 7.60. The number of thiazole rings is 1. The molecule has 0 aliphatic heterocycles. The zero-order valence-corrected chi connectivity index (χ0v) is 17.1. The van der Waals surface area contributed by atoms with Gasteiger partial charge in [-0.25, -0.2) is 14.6 Å². The number of carbonyl (C=O) groups excluding carboxylic acids is 2. The number of nitrogens with zero attached hydrogens (tertiary/aromatic N) is 2. The fourth-order valence-electron chi connectivity index (χ4n) is 2.39. The van der Waals surface area contributed by atoms with Crippen LogP contribution in [0.2, 0.25) is 0 Å². The number of methoxy groups -OCH3 is 1. The molecule has 10 heteroatoms. The molecule has 1 heterocycles. The van der Waals surface area contributed by atoms with Crippen LogP contribution in [0.5, 0.6) is 0 Å². The summed E-state index contributed by atoms with van der Waals surface area (Å²) in [5.41, 5.74) is -0.643. The molecule has 2 rings (SSSR count). The molecule has 0 atom stereocenters. The molecule has 0 saturated carbocycles. The fourth-order valence-corrected chi connectivity index (χ4v) is 3.17. The van der Waals surface area contributed by atoms with Crippen LogP contribution in [0.3, 0.4) is 0 Å². The zero-order chi connectivity index (χ0) is 21.6. The summed E-state index contributed by atoms with van der Waals surface area (Å²) in [7, 11) is 1.25. The second kappa shape index (κ2) is 9.73. The Morgan fingerprint density at radius 3 is 2.66 bits per heavy atom. The minimum Gasteiger partial charge on any atom is -0.464 e. The van der Waals surface area contributed by atoms with Gasteiger partial charge in [0.2, 0.25) is 0 Å². The normalized spacial score (nSPS) is 11.4. The number of esters is 1. The summed E-state index contributed by atoms with van der Waals surface area (Å²) in [4.78, 5) is 29.9. The van der Waals surface area contributed by atoms with E-state index in [0.717, 1.165) is 12.1 Å². The number of anilines is 1. The van der Waals surface area contributed by atoms with Crippen molar-refractivity contribution in [2.45, 2.75) is 33.0 Å². The third-order valence-electron chi connectivity index (χ3n) is 3.98. The first-order valence-electron chi connectivity index (χ1n) is 8.86. The number of amides is 2. The number of ether oxygens (including phenoxy) is 1. The van der Waals surface area contributed by atoms with Crippen molar-refractivity contribution in [3.05, 3.63) is 45.9 Å². The van der Waals surface area contributed by atoms with Crippen molar-refractivity contribution in [1.29, 1.82) is 0 Å². The van der Waals surface area contributed by atoms with E-state index in [4.69, 9.17) is 0 Å². The Bertz CT molecular complexity index is 852. The lowest BCUT2D eigenvalue weighted by atomic mass is 10.1. The Morgan fingerprint density at radius 2 is 2.03 bits per heavy atom. The minimum absolute atomic E-state index is 0.0498. The third-order valence-corrected chi connectivity index (χ3v) is 4.81. The second-order valence-electron chi connectivity index (χ2n) is 6.73. The molecular formula is C19H22F3N3O3S. The van der Waals surface area contributed by atoms with Crippen LogP contribution in [-0.2, 0) is 17.5 Å². The molecule has 2 aromatic rings. The smallest absolute Gasteiger partial charge is 0.416 e. The summed E-state index contributed by atoms with van der Waals surface area (Å²) in [6.45, 7) is 4.51. The molecule has 2 amide bonds. The first-order valence-corrected chi connectivity index (χ1v) is 9.74. The highest BCUT2D eigenvalue weighted by Crippen LogP contribution is 2.30. The molecule has 1 N–H and O–H groups in total. The quantitative estimate of drug-likeness (QED) is 0.627. The van der Waals surface area contributed by atoms with Gasteiger partial charge in [-0.15, -0.1) is 11.3 Å². The Morgan fingerprint density at radius 1 is 1.31 bits per heavy atom. The van der Waals surface area contributed by atoms with Crippen molar-refractivity contribution in [3.8, 4) is 0 Å². The molecule has 0 saturated heterocycles. The number of carbonyl (C=O) groups is 2. The summed E-state index contributed by atoms with van der Waals surface area (Å²) in [6.07, 6.45) is -3.80.